The zero-order chi connectivity index (χ0) is 28.5. The molecule has 0 saturated carbocycles. The smallest absolute Gasteiger partial charge is 0.302 e. The Morgan fingerprint density at radius 1 is 0.950 bits per heavy atom. The van der Waals surface area contributed by atoms with Gasteiger partial charge in [-0.1, -0.05) is 118 Å². The fraction of sp³-hybridized carbons (Fsp3) is 0.457. The summed E-state index contributed by atoms with van der Waals surface area (Å²) >= 11 is 0. The highest BCUT2D eigenvalue weighted by molar-refractivity contribution is 7.03. The molecule has 1 aliphatic heterocycles. The Hall–Kier alpha value is -2.73. The van der Waals surface area contributed by atoms with Crippen molar-refractivity contribution in [3.05, 3.63) is 96.2 Å². The van der Waals surface area contributed by atoms with E-state index in [4.69, 9.17) is 13.9 Å². The van der Waals surface area contributed by atoms with E-state index in [1.54, 1.807) is 7.11 Å². The molecule has 40 heavy (non-hydrogen) atoms. The molecule has 0 N–H and O–H groups in total. The van der Waals surface area contributed by atoms with Gasteiger partial charge in [0, 0.05) is 20.1 Å². The number of carbonyl (C=O) groups excluding carboxylic acids is 1. The SMILES string of the molecule is C=C(COC)/C1=C/CCCC(CCCCCCCC/C=C/COC(C)=O)O[Si]1(c1ccccc1)c1ccccc1. The second-order valence-corrected chi connectivity index (χ2v) is 14.0. The van der Waals surface area contributed by atoms with E-state index in [0.29, 0.717) is 13.2 Å². The van der Waals surface area contributed by atoms with E-state index >= 15 is 0 Å². The Bertz CT molecular complexity index is 1040. The van der Waals surface area contributed by atoms with Gasteiger partial charge < -0.3 is 13.9 Å². The number of hydrogen-bond donors (Lipinski definition) is 0. The molecule has 0 saturated heterocycles. The van der Waals surface area contributed by atoms with Crippen molar-refractivity contribution in [3.63, 3.8) is 0 Å². The van der Waals surface area contributed by atoms with E-state index < -0.39 is 8.32 Å². The van der Waals surface area contributed by atoms with Crippen molar-refractivity contribution in [1.82, 2.24) is 0 Å². The van der Waals surface area contributed by atoms with Gasteiger partial charge in [0.15, 0.2) is 0 Å². The number of esters is 1. The topological polar surface area (TPSA) is 44.8 Å². The van der Waals surface area contributed by atoms with Crippen LogP contribution in [0.4, 0.5) is 0 Å². The lowest BCUT2D eigenvalue weighted by Gasteiger charge is -2.40. The van der Waals surface area contributed by atoms with Gasteiger partial charge in [-0.2, -0.15) is 0 Å². The first-order valence-electron chi connectivity index (χ1n) is 15.0. The summed E-state index contributed by atoms with van der Waals surface area (Å²) in [5.41, 5.74) is 1.03. The summed E-state index contributed by atoms with van der Waals surface area (Å²) in [7, 11) is -1.02. The summed E-state index contributed by atoms with van der Waals surface area (Å²) in [6.45, 7) is 6.82. The van der Waals surface area contributed by atoms with E-state index in [2.05, 4.69) is 79.4 Å². The summed E-state index contributed by atoms with van der Waals surface area (Å²) in [5.74, 6) is -0.226. The molecule has 1 atom stereocenters. The second kappa shape index (κ2) is 17.9. The van der Waals surface area contributed by atoms with Crippen molar-refractivity contribution in [1.29, 1.82) is 0 Å². The number of unbranched alkanes of at least 4 members (excludes halogenated alkanes) is 6. The average Bonchev–Trinajstić information content (AvgIpc) is 2.95. The second-order valence-electron chi connectivity index (χ2n) is 10.7. The lowest BCUT2D eigenvalue weighted by Crippen LogP contribution is -2.64. The van der Waals surface area contributed by atoms with Gasteiger partial charge >= 0.3 is 5.97 Å². The number of benzene rings is 2. The summed E-state index contributed by atoms with van der Waals surface area (Å²) in [5, 5.41) is 3.82. The van der Waals surface area contributed by atoms with Crippen molar-refractivity contribution in [2.45, 2.75) is 83.7 Å². The molecule has 2 aromatic rings. The lowest BCUT2D eigenvalue weighted by atomic mass is 10.0. The minimum atomic E-state index is -2.77. The Balaban J connectivity index is 1.65. The maximum Gasteiger partial charge on any atom is 0.302 e. The van der Waals surface area contributed by atoms with Gasteiger partial charge in [0.05, 0.1) is 6.61 Å². The van der Waals surface area contributed by atoms with Gasteiger partial charge in [0.1, 0.15) is 6.61 Å². The van der Waals surface area contributed by atoms with Crippen LogP contribution >= 0.6 is 0 Å². The van der Waals surface area contributed by atoms with E-state index in [1.807, 2.05) is 6.08 Å². The zero-order valence-corrected chi connectivity index (χ0v) is 25.6. The molecule has 1 aliphatic rings. The van der Waals surface area contributed by atoms with Crippen LogP contribution in [0.25, 0.3) is 0 Å². The lowest BCUT2D eigenvalue weighted by molar-refractivity contribution is -0.139. The van der Waals surface area contributed by atoms with Crippen LogP contribution < -0.4 is 10.4 Å². The normalized spacial score (nSPS) is 18.4. The maximum absolute atomic E-state index is 10.8. The van der Waals surface area contributed by atoms with Gasteiger partial charge in [0.2, 0.25) is 0 Å². The largest absolute Gasteiger partial charge is 0.462 e. The minimum Gasteiger partial charge on any atom is -0.462 e. The predicted octanol–water partition coefficient (Wildman–Crippen LogP) is 7.22. The molecule has 0 fully saturated rings. The molecule has 3 rings (SSSR count). The van der Waals surface area contributed by atoms with Crippen molar-refractivity contribution in [3.8, 4) is 0 Å². The van der Waals surface area contributed by atoms with Crippen LogP contribution in [0.5, 0.6) is 0 Å². The highest BCUT2D eigenvalue weighted by Crippen LogP contribution is 2.31. The van der Waals surface area contributed by atoms with Crippen LogP contribution in [0.2, 0.25) is 0 Å². The third-order valence-corrected chi connectivity index (χ3v) is 11.9. The molecule has 0 bridgehead atoms. The van der Waals surface area contributed by atoms with Gasteiger partial charge in [0.25, 0.3) is 8.32 Å². The van der Waals surface area contributed by atoms with Crippen LogP contribution in [0, 0.1) is 0 Å². The fourth-order valence-corrected chi connectivity index (χ4v) is 10.0. The number of carbonyl (C=O) groups is 1. The van der Waals surface area contributed by atoms with Crippen molar-refractivity contribution < 1.29 is 18.7 Å². The van der Waals surface area contributed by atoms with Crippen LogP contribution in [-0.4, -0.2) is 40.7 Å². The molecule has 0 radical (unpaired) electrons. The quantitative estimate of drug-likeness (QED) is 0.0941. The molecule has 4 nitrogen and oxygen atoms in total. The summed E-state index contributed by atoms with van der Waals surface area (Å²) in [4.78, 5) is 10.8. The predicted molar refractivity (Wildman–Crippen MR) is 168 cm³/mol. The molecule has 216 valence electrons. The average molecular weight is 561 g/mol. The molecule has 0 amide bonds. The molecule has 2 aromatic carbocycles. The number of methoxy groups -OCH3 is 1. The first kappa shape index (κ1) is 31.8. The van der Waals surface area contributed by atoms with Crippen LogP contribution in [0.1, 0.15) is 77.6 Å². The molecule has 1 unspecified atom stereocenters. The zero-order valence-electron chi connectivity index (χ0n) is 24.6. The number of rotatable bonds is 16. The summed E-state index contributed by atoms with van der Waals surface area (Å²) < 4.78 is 18.0. The number of hydrogen-bond acceptors (Lipinski definition) is 4. The third-order valence-electron chi connectivity index (χ3n) is 7.56. The van der Waals surface area contributed by atoms with Gasteiger partial charge in [-0.05, 0) is 59.7 Å². The monoisotopic (exact) mass is 560 g/mol. The van der Waals surface area contributed by atoms with E-state index in [0.717, 1.165) is 37.7 Å². The highest BCUT2D eigenvalue weighted by atomic mass is 28.4. The number of allylic oxidation sites excluding steroid dienone is 2. The molecule has 0 spiro atoms. The first-order valence-corrected chi connectivity index (χ1v) is 16.9. The standard InChI is InChI=1S/C35H48O4Si/c1-30(29-37-3)35-27-19-18-22-32(21-13-9-7-5-4-6-8-10-20-28-38-31(2)36)39-40(35,33-23-14-11-15-24-33)34-25-16-12-17-26-34/h10-12,14-17,20,23-27,32H,1,4-9,13,18-19,21-22,28-29H2,2-3H3/b20-10+,35-27-. The Labute approximate surface area is 243 Å². The highest BCUT2D eigenvalue weighted by Gasteiger charge is 2.46. The van der Waals surface area contributed by atoms with Gasteiger partial charge in [-0.15, -0.1) is 0 Å². The minimum absolute atomic E-state index is 0.226. The van der Waals surface area contributed by atoms with E-state index in [-0.39, 0.29) is 12.1 Å². The van der Waals surface area contributed by atoms with Crippen LogP contribution in [-0.2, 0) is 18.7 Å². The molecule has 5 heteroatoms. The van der Waals surface area contributed by atoms with Crippen molar-refractivity contribution in [2.75, 3.05) is 20.3 Å². The number of ether oxygens (including phenoxy) is 2. The fourth-order valence-electron chi connectivity index (χ4n) is 5.61. The molecule has 0 aromatic heterocycles. The van der Waals surface area contributed by atoms with Crippen LogP contribution in [0.3, 0.4) is 0 Å². The summed E-state index contributed by atoms with van der Waals surface area (Å²) in [6, 6.07) is 21.7. The molecular weight excluding hydrogens is 512 g/mol. The van der Waals surface area contributed by atoms with E-state index in [9.17, 15) is 4.79 Å². The van der Waals surface area contributed by atoms with Gasteiger partial charge in [-0.25, -0.2) is 0 Å². The summed E-state index contributed by atoms with van der Waals surface area (Å²) in [6.07, 6.45) is 19.5. The Kier molecular flexibility index (Phi) is 14.2. The molecular formula is C35H48O4Si. The van der Waals surface area contributed by atoms with Crippen molar-refractivity contribution >= 4 is 24.7 Å². The van der Waals surface area contributed by atoms with E-state index in [1.165, 1.54) is 61.0 Å². The first-order chi connectivity index (χ1) is 19.6. The Morgan fingerprint density at radius 2 is 1.57 bits per heavy atom. The maximum atomic E-state index is 10.8. The van der Waals surface area contributed by atoms with Crippen LogP contribution in [0.15, 0.2) is 96.2 Å². The van der Waals surface area contributed by atoms with Crippen molar-refractivity contribution in [2.24, 2.45) is 0 Å². The molecule has 0 aliphatic carbocycles. The Morgan fingerprint density at radius 3 is 2.20 bits per heavy atom. The molecule has 1 heterocycles. The third kappa shape index (κ3) is 9.72. The van der Waals surface area contributed by atoms with Gasteiger partial charge in [-0.3, -0.25) is 4.79 Å².